The van der Waals surface area contributed by atoms with E-state index in [1.807, 2.05) is 0 Å². The van der Waals surface area contributed by atoms with Gasteiger partial charge in [-0.05, 0) is 31.4 Å². The highest BCUT2D eigenvalue weighted by Crippen LogP contribution is 2.43. The molecule has 0 spiro atoms. The summed E-state index contributed by atoms with van der Waals surface area (Å²) in [6.45, 7) is 3.44. The second kappa shape index (κ2) is 6.35. The number of nitrogens with zero attached hydrogens (tertiary/aromatic N) is 4. The summed E-state index contributed by atoms with van der Waals surface area (Å²) in [5.74, 6) is -2.11. The fourth-order valence-corrected chi connectivity index (χ4v) is 2.94. The SMILES string of the molecule is CC(CN=[N+]=[N-])OCC1=C(C(=O)O)N2C(=O)C(C(C)O)C2C1. The number of β-lactam (4-membered cyclic amide) rings is 1. The molecule has 2 N–H and O–H groups in total. The van der Waals surface area contributed by atoms with Gasteiger partial charge < -0.3 is 19.8 Å². The van der Waals surface area contributed by atoms with E-state index in [4.69, 9.17) is 10.3 Å². The minimum atomic E-state index is -1.18. The Balaban J connectivity index is 2.08. The Morgan fingerprint density at radius 1 is 1.59 bits per heavy atom. The summed E-state index contributed by atoms with van der Waals surface area (Å²) < 4.78 is 5.48. The number of ether oxygens (including phenoxy) is 1. The van der Waals surface area contributed by atoms with Crippen LogP contribution >= 0.6 is 0 Å². The first-order valence-corrected chi connectivity index (χ1v) is 6.97. The van der Waals surface area contributed by atoms with Crippen LogP contribution < -0.4 is 0 Å². The molecular weight excluding hydrogens is 292 g/mol. The number of carboxylic acid groups (broad SMARTS) is 1. The molecule has 0 saturated carbocycles. The molecule has 2 heterocycles. The van der Waals surface area contributed by atoms with Crippen molar-refractivity contribution in [2.45, 2.75) is 38.5 Å². The average Bonchev–Trinajstić information content (AvgIpc) is 2.76. The summed E-state index contributed by atoms with van der Waals surface area (Å²) >= 11 is 0. The fraction of sp³-hybridized carbons (Fsp3) is 0.692. The van der Waals surface area contributed by atoms with Crippen LogP contribution in [0, 0.1) is 5.92 Å². The largest absolute Gasteiger partial charge is 0.477 e. The van der Waals surface area contributed by atoms with Gasteiger partial charge in [0, 0.05) is 4.91 Å². The van der Waals surface area contributed by atoms with Crippen molar-refractivity contribution >= 4 is 11.9 Å². The van der Waals surface area contributed by atoms with Crippen LogP contribution in [0.15, 0.2) is 16.4 Å². The van der Waals surface area contributed by atoms with Crippen molar-refractivity contribution in [2.75, 3.05) is 13.2 Å². The van der Waals surface area contributed by atoms with E-state index in [1.165, 1.54) is 11.8 Å². The molecule has 0 aromatic heterocycles. The number of aliphatic hydroxyl groups is 1. The minimum absolute atomic E-state index is 0.0521. The zero-order chi connectivity index (χ0) is 16.4. The van der Waals surface area contributed by atoms with Crippen molar-refractivity contribution in [1.29, 1.82) is 0 Å². The third kappa shape index (κ3) is 2.78. The molecule has 1 amide bonds. The Labute approximate surface area is 126 Å². The molecule has 4 atom stereocenters. The van der Waals surface area contributed by atoms with Crippen molar-refractivity contribution in [2.24, 2.45) is 11.0 Å². The van der Waals surface area contributed by atoms with Gasteiger partial charge in [-0.2, -0.15) is 0 Å². The number of azide groups is 1. The normalized spacial score (nSPS) is 26.1. The van der Waals surface area contributed by atoms with Crippen molar-refractivity contribution in [3.8, 4) is 0 Å². The lowest BCUT2D eigenvalue weighted by Gasteiger charge is -2.44. The van der Waals surface area contributed by atoms with E-state index in [9.17, 15) is 19.8 Å². The van der Waals surface area contributed by atoms with Crippen LogP contribution in [0.3, 0.4) is 0 Å². The lowest BCUT2D eigenvalue weighted by atomic mass is 9.83. The summed E-state index contributed by atoms with van der Waals surface area (Å²) in [6.07, 6.45) is -0.792. The Morgan fingerprint density at radius 3 is 2.82 bits per heavy atom. The van der Waals surface area contributed by atoms with Gasteiger partial charge in [0.2, 0.25) is 5.91 Å². The van der Waals surface area contributed by atoms with Gasteiger partial charge in [0.25, 0.3) is 0 Å². The van der Waals surface area contributed by atoms with Gasteiger partial charge in [-0.1, -0.05) is 5.11 Å². The predicted octanol–water partition coefficient (Wildman–Crippen LogP) is 0.652. The van der Waals surface area contributed by atoms with Gasteiger partial charge in [-0.15, -0.1) is 0 Å². The number of aliphatic hydroxyl groups excluding tert-OH is 1. The van der Waals surface area contributed by atoms with E-state index in [0.29, 0.717) is 12.0 Å². The van der Waals surface area contributed by atoms with Gasteiger partial charge in [0.05, 0.1) is 37.3 Å². The number of fused-ring (bicyclic) bond motifs is 1. The molecule has 1 saturated heterocycles. The van der Waals surface area contributed by atoms with Crippen LogP contribution in [-0.2, 0) is 14.3 Å². The molecule has 2 rings (SSSR count). The summed E-state index contributed by atoms with van der Waals surface area (Å²) in [5, 5.41) is 22.3. The molecule has 22 heavy (non-hydrogen) atoms. The van der Waals surface area contributed by atoms with Crippen molar-refractivity contribution in [1.82, 2.24) is 4.90 Å². The molecule has 0 radical (unpaired) electrons. The van der Waals surface area contributed by atoms with Crippen LogP contribution in [0.4, 0.5) is 0 Å². The van der Waals surface area contributed by atoms with E-state index in [-0.39, 0.29) is 36.9 Å². The van der Waals surface area contributed by atoms with Crippen molar-refractivity contribution in [3.63, 3.8) is 0 Å². The van der Waals surface area contributed by atoms with Gasteiger partial charge in [0.1, 0.15) is 5.70 Å². The number of hydrogen-bond acceptors (Lipinski definition) is 5. The van der Waals surface area contributed by atoms with Crippen molar-refractivity contribution < 1.29 is 24.5 Å². The standard InChI is InChI=1S/C13H18N4O5/c1-6(4-15-16-14)22-5-8-3-9-10(7(2)18)12(19)17(9)11(8)13(20)21/h6-7,9-10,18H,3-5H2,1-2H3,(H,20,21). The molecule has 0 aromatic carbocycles. The van der Waals surface area contributed by atoms with Gasteiger partial charge in [-0.3, -0.25) is 4.79 Å². The molecule has 120 valence electrons. The maximum atomic E-state index is 12.0. The first kappa shape index (κ1) is 16.3. The molecule has 9 heteroatoms. The molecule has 0 aliphatic carbocycles. The minimum Gasteiger partial charge on any atom is -0.477 e. The third-order valence-electron chi connectivity index (χ3n) is 3.97. The topological polar surface area (TPSA) is 136 Å². The highest BCUT2D eigenvalue weighted by molar-refractivity contribution is 5.99. The van der Waals surface area contributed by atoms with E-state index in [1.54, 1.807) is 6.92 Å². The number of carboxylic acids is 1. The highest BCUT2D eigenvalue weighted by atomic mass is 16.5. The Hall–Kier alpha value is -2.09. The molecule has 2 aliphatic rings. The van der Waals surface area contributed by atoms with Gasteiger partial charge >= 0.3 is 5.97 Å². The van der Waals surface area contributed by atoms with Crippen LogP contribution in [0.2, 0.25) is 0 Å². The zero-order valence-electron chi connectivity index (χ0n) is 12.3. The van der Waals surface area contributed by atoms with Crippen LogP contribution in [0.1, 0.15) is 20.3 Å². The number of amides is 1. The lowest BCUT2D eigenvalue weighted by Crippen LogP contribution is -2.61. The molecule has 0 aromatic rings. The van der Waals surface area contributed by atoms with Crippen LogP contribution in [-0.4, -0.2) is 58.4 Å². The maximum Gasteiger partial charge on any atom is 0.352 e. The van der Waals surface area contributed by atoms with Crippen LogP contribution in [0.25, 0.3) is 10.4 Å². The van der Waals surface area contributed by atoms with Gasteiger partial charge in [0.15, 0.2) is 0 Å². The average molecular weight is 310 g/mol. The van der Waals surface area contributed by atoms with E-state index in [2.05, 4.69) is 10.0 Å². The second-order valence-electron chi connectivity index (χ2n) is 5.54. The molecule has 9 nitrogen and oxygen atoms in total. The summed E-state index contributed by atoms with van der Waals surface area (Å²) in [6, 6.07) is -0.315. The quantitative estimate of drug-likeness (QED) is 0.308. The lowest BCUT2D eigenvalue weighted by molar-refractivity contribution is -0.161. The maximum absolute atomic E-state index is 12.0. The Morgan fingerprint density at radius 2 is 2.27 bits per heavy atom. The molecule has 0 bridgehead atoms. The monoisotopic (exact) mass is 310 g/mol. The molecule has 4 unspecified atom stereocenters. The predicted molar refractivity (Wildman–Crippen MR) is 74.5 cm³/mol. The first-order chi connectivity index (χ1) is 10.4. The molecule has 2 aliphatic heterocycles. The van der Waals surface area contributed by atoms with Crippen LogP contribution in [0.5, 0.6) is 0 Å². The Bertz CT molecular complexity index is 567. The zero-order valence-corrected chi connectivity index (χ0v) is 12.3. The number of carbonyl (C=O) groups excluding carboxylic acids is 1. The molecule has 1 fully saturated rings. The van der Waals surface area contributed by atoms with Crippen molar-refractivity contribution in [3.05, 3.63) is 21.7 Å². The Kier molecular flexibility index (Phi) is 4.70. The summed E-state index contributed by atoms with van der Waals surface area (Å²) in [5.41, 5.74) is 8.71. The summed E-state index contributed by atoms with van der Waals surface area (Å²) in [7, 11) is 0. The number of carbonyl (C=O) groups is 2. The molecular formula is C13H18N4O5. The van der Waals surface area contributed by atoms with E-state index >= 15 is 0 Å². The second-order valence-corrected chi connectivity index (χ2v) is 5.54. The number of aliphatic carboxylic acids is 1. The first-order valence-electron chi connectivity index (χ1n) is 6.97. The summed E-state index contributed by atoms with van der Waals surface area (Å²) in [4.78, 5) is 27.3. The smallest absolute Gasteiger partial charge is 0.352 e. The third-order valence-corrected chi connectivity index (χ3v) is 3.97. The highest BCUT2D eigenvalue weighted by Gasteiger charge is 2.56. The number of hydrogen-bond donors (Lipinski definition) is 2. The van der Waals surface area contributed by atoms with Gasteiger partial charge in [-0.25, -0.2) is 4.79 Å². The number of rotatable bonds is 7. The fourth-order valence-electron chi connectivity index (χ4n) is 2.94. The van der Waals surface area contributed by atoms with E-state index in [0.717, 1.165) is 0 Å². The van der Waals surface area contributed by atoms with E-state index < -0.39 is 18.0 Å².